The summed E-state index contributed by atoms with van der Waals surface area (Å²) in [6, 6.07) is 89.0. The van der Waals surface area contributed by atoms with Crippen LogP contribution in [0.15, 0.2) is 231 Å². The van der Waals surface area contributed by atoms with Gasteiger partial charge in [0.05, 0.1) is 50.2 Å². The molecule has 6 nitrogen and oxygen atoms in total. The van der Waals surface area contributed by atoms with Gasteiger partial charge in [0.25, 0.3) is 0 Å². The summed E-state index contributed by atoms with van der Waals surface area (Å²) in [5, 5.41) is 43.5. The van der Waals surface area contributed by atoms with Gasteiger partial charge in [-0.25, -0.2) is 0 Å². The maximum Gasteiger partial charge on any atom is 0.104 e. The van der Waals surface area contributed by atoms with Crippen LogP contribution in [-0.4, -0.2) is 13.7 Å². The van der Waals surface area contributed by atoms with Gasteiger partial charge in [0.15, 0.2) is 0 Å². The van der Waals surface area contributed by atoms with Gasteiger partial charge in [0.2, 0.25) is 0 Å². The molecule has 0 spiro atoms. The summed E-state index contributed by atoms with van der Waals surface area (Å²) in [4.78, 5) is 0. The van der Waals surface area contributed by atoms with Gasteiger partial charge in [-0.3, -0.25) is 0 Å². The maximum absolute atomic E-state index is 12.6. The van der Waals surface area contributed by atoms with Crippen molar-refractivity contribution in [1.29, 1.82) is 15.8 Å². The van der Waals surface area contributed by atoms with Crippen molar-refractivity contribution in [3.8, 4) is 79.8 Å². The molecule has 14 aromatic rings. The maximum atomic E-state index is 12.6. The molecule has 0 saturated carbocycles. The number of nitrogens with zero attached hydrogens (tertiary/aromatic N) is 6. The molecule has 3 heterocycles. The van der Waals surface area contributed by atoms with Crippen LogP contribution in [0.5, 0.6) is 0 Å². The predicted molar refractivity (Wildman–Crippen MR) is 343 cm³/mol. The van der Waals surface area contributed by atoms with E-state index in [-0.39, 0.29) is 27.5 Å². The molecule has 83 heavy (non-hydrogen) atoms. The molecular weight excluding hydrogens is 1010 g/mol. The first-order chi connectivity index (χ1) is 40.3. The Labute approximate surface area is 482 Å². The highest BCUT2D eigenvalue weighted by Gasteiger charge is 2.34. The summed E-state index contributed by atoms with van der Waals surface area (Å²) >= 11 is 0. The van der Waals surface area contributed by atoms with Crippen molar-refractivity contribution in [3.63, 3.8) is 0 Å². The first-order valence-corrected chi connectivity index (χ1v) is 28.3. The molecule has 6 heteroatoms. The van der Waals surface area contributed by atoms with Gasteiger partial charge in [0, 0.05) is 32.3 Å². The van der Waals surface area contributed by atoms with E-state index in [0.717, 1.165) is 121 Å². The predicted octanol–water partition coefficient (Wildman–Crippen LogP) is 19.9. The molecule has 0 aliphatic carbocycles. The molecule has 0 radical (unpaired) electrons. The highest BCUT2D eigenvalue weighted by molar-refractivity contribution is 6.15. The average Bonchev–Trinajstić information content (AvgIpc) is 2.17. The number of fused-ring (bicyclic) bond motifs is 9. The standard InChI is InChI=1S/C77H56N6/c1-76(2,3)56-31-37-62-63-38-32-57(77(4,5)6)44-72(63)83(71(62)43-56)75-65(46-79)73(81-67-39-52(48-19-11-7-12-20-48)27-33-58(67)59-34-28-53(40-68(59)81)49-21-13-8-14-22-49)64(45-78)74(66(75)47-80)82-69-41-54(50-23-15-9-16-24-50)29-35-60(69)61-36-30-55(42-70(61)82)51-25-17-10-18-26-51/h7-44H,1-6H3. The van der Waals surface area contributed by atoms with Crippen LogP contribution >= 0.6 is 0 Å². The first kappa shape index (κ1) is 50.5. The van der Waals surface area contributed by atoms with E-state index in [1.807, 2.05) is 72.8 Å². The minimum absolute atomic E-state index is 0.191. The quantitative estimate of drug-likeness (QED) is 0.159. The number of rotatable bonds is 7. The smallest absolute Gasteiger partial charge is 0.104 e. The third kappa shape index (κ3) is 8.12. The van der Waals surface area contributed by atoms with Crippen LogP contribution in [0.25, 0.3) is 127 Å². The summed E-state index contributed by atoms with van der Waals surface area (Å²) < 4.78 is 6.49. The lowest BCUT2D eigenvalue weighted by Gasteiger charge is -2.24. The van der Waals surface area contributed by atoms with Crippen LogP contribution in [0.4, 0.5) is 0 Å². The molecule has 394 valence electrons. The zero-order valence-electron chi connectivity index (χ0n) is 47.1. The van der Waals surface area contributed by atoms with E-state index in [1.165, 1.54) is 0 Å². The Balaban J connectivity index is 1.25. The Morgan fingerprint density at radius 1 is 0.253 bits per heavy atom. The zero-order chi connectivity index (χ0) is 56.9. The second-order valence-electron chi connectivity index (χ2n) is 23.9. The van der Waals surface area contributed by atoms with Crippen LogP contribution in [-0.2, 0) is 10.8 Å². The fourth-order valence-electron chi connectivity index (χ4n) is 12.7. The van der Waals surface area contributed by atoms with Gasteiger partial charge in [-0.1, -0.05) is 236 Å². The molecule has 0 fully saturated rings. The molecule has 0 saturated heterocycles. The third-order valence-electron chi connectivity index (χ3n) is 16.9. The Bertz CT molecular complexity index is 4590. The monoisotopic (exact) mass is 1060 g/mol. The molecule has 0 bridgehead atoms. The van der Waals surface area contributed by atoms with Crippen LogP contribution in [0, 0.1) is 34.0 Å². The van der Waals surface area contributed by atoms with Crippen LogP contribution in [0.1, 0.15) is 69.4 Å². The summed E-state index contributed by atoms with van der Waals surface area (Å²) in [6.07, 6.45) is 0. The van der Waals surface area contributed by atoms with Crippen molar-refractivity contribution in [2.24, 2.45) is 0 Å². The molecule has 0 atom stereocenters. The van der Waals surface area contributed by atoms with Crippen molar-refractivity contribution in [2.75, 3.05) is 0 Å². The molecular formula is C77H56N6. The van der Waals surface area contributed by atoms with E-state index in [1.54, 1.807) is 0 Å². The van der Waals surface area contributed by atoms with E-state index >= 15 is 0 Å². The number of aromatic nitrogens is 3. The Hall–Kier alpha value is -10.7. The van der Waals surface area contributed by atoms with Crippen LogP contribution in [0.3, 0.4) is 0 Å². The van der Waals surface area contributed by atoms with Crippen molar-refractivity contribution in [2.45, 2.75) is 52.4 Å². The van der Waals surface area contributed by atoms with Gasteiger partial charge in [-0.2, -0.15) is 15.8 Å². The molecule has 0 aliphatic rings. The van der Waals surface area contributed by atoms with E-state index < -0.39 is 0 Å². The number of benzene rings is 11. The normalized spacial score (nSPS) is 11.9. The average molecular weight is 1070 g/mol. The van der Waals surface area contributed by atoms with Gasteiger partial charge >= 0.3 is 0 Å². The Morgan fingerprint density at radius 2 is 0.470 bits per heavy atom. The molecule has 0 amide bonds. The number of hydrogen-bond acceptors (Lipinski definition) is 3. The Morgan fingerprint density at radius 3 is 0.687 bits per heavy atom. The lowest BCUT2D eigenvalue weighted by molar-refractivity contribution is 0.591. The minimum Gasteiger partial charge on any atom is -0.306 e. The molecule has 14 rings (SSSR count). The van der Waals surface area contributed by atoms with Crippen molar-refractivity contribution in [3.05, 3.63) is 258 Å². The fraction of sp³-hybridized carbons (Fsp3) is 0.104. The van der Waals surface area contributed by atoms with Crippen LogP contribution < -0.4 is 0 Å². The second kappa shape index (κ2) is 19.2. The molecule has 0 unspecified atom stereocenters. The Kier molecular flexibility index (Phi) is 11.7. The van der Waals surface area contributed by atoms with Crippen molar-refractivity contribution < 1.29 is 0 Å². The first-order valence-electron chi connectivity index (χ1n) is 28.3. The number of nitriles is 3. The van der Waals surface area contributed by atoms with E-state index in [2.05, 4.69) is 231 Å². The fourth-order valence-corrected chi connectivity index (χ4v) is 12.7. The lowest BCUT2D eigenvalue weighted by Crippen LogP contribution is -2.15. The van der Waals surface area contributed by atoms with Gasteiger partial charge < -0.3 is 13.7 Å². The minimum atomic E-state index is -0.255. The van der Waals surface area contributed by atoms with E-state index in [4.69, 9.17) is 0 Å². The van der Waals surface area contributed by atoms with Crippen molar-refractivity contribution >= 4 is 65.4 Å². The highest BCUT2D eigenvalue weighted by atomic mass is 15.1. The van der Waals surface area contributed by atoms with E-state index in [0.29, 0.717) is 17.1 Å². The largest absolute Gasteiger partial charge is 0.306 e. The van der Waals surface area contributed by atoms with Crippen molar-refractivity contribution in [1.82, 2.24) is 13.7 Å². The number of hydrogen-bond donors (Lipinski definition) is 0. The van der Waals surface area contributed by atoms with E-state index in [9.17, 15) is 15.8 Å². The summed E-state index contributed by atoms with van der Waals surface area (Å²) in [5.74, 6) is 0. The third-order valence-corrected chi connectivity index (χ3v) is 16.9. The highest BCUT2D eigenvalue weighted by Crippen LogP contribution is 2.48. The molecule has 11 aromatic carbocycles. The summed E-state index contributed by atoms with van der Waals surface area (Å²) in [7, 11) is 0. The summed E-state index contributed by atoms with van der Waals surface area (Å²) in [6.45, 7) is 13.3. The molecule has 0 aliphatic heterocycles. The zero-order valence-corrected chi connectivity index (χ0v) is 47.1. The summed E-state index contributed by atoms with van der Waals surface area (Å²) in [5.41, 5.74) is 16.5. The second-order valence-corrected chi connectivity index (χ2v) is 23.9. The molecule has 0 N–H and O–H groups in total. The molecule has 3 aromatic heterocycles. The lowest BCUT2D eigenvalue weighted by atomic mass is 9.86. The van der Waals surface area contributed by atoms with Crippen LogP contribution in [0.2, 0.25) is 0 Å². The topological polar surface area (TPSA) is 86.2 Å². The SMILES string of the molecule is CC(C)(C)c1ccc2c3ccc(C(C)(C)C)cc3n(-c3c(C#N)c(-n4c5cc(-c6ccccc6)ccc5c5ccc(-c6ccccc6)cc54)c(C#N)c(-n4c5cc(-c6ccccc6)ccc5c5ccc(-c6ccccc6)cc54)c3C#N)c2c1. The van der Waals surface area contributed by atoms with Gasteiger partial charge in [-0.05, 0) is 103 Å². The van der Waals surface area contributed by atoms with Gasteiger partial charge in [0.1, 0.15) is 34.9 Å². The van der Waals surface area contributed by atoms with Gasteiger partial charge in [-0.15, -0.1) is 0 Å².